The van der Waals surface area contributed by atoms with E-state index in [1.165, 1.54) is 12.1 Å². The Kier molecular flexibility index (Phi) is 3.58. The molecule has 6 nitrogen and oxygen atoms in total. The lowest BCUT2D eigenvalue weighted by Crippen LogP contribution is -2.43. The van der Waals surface area contributed by atoms with E-state index >= 15 is 0 Å². The zero-order valence-corrected chi connectivity index (χ0v) is 10.6. The zero-order valence-electron chi connectivity index (χ0n) is 9.80. The molecule has 7 heteroatoms. The molecule has 0 aliphatic carbocycles. The smallest absolute Gasteiger partial charge is 0.240 e. The van der Waals surface area contributed by atoms with E-state index in [1.807, 2.05) is 0 Å². The van der Waals surface area contributed by atoms with Crippen molar-refractivity contribution >= 4 is 15.7 Å². The quantitative estimate of drug-likeness (QED) is 0.653. The third-order valence-electron chi connectivity index (χ3n) is 2.84. The Bertz CT molecular complexity index is 524. The predicted octanol–water partition coefficient (Wildman–Crippen LogP) is -0.302. The summed E-state index contributed by atoms with van der Waals surface area (Å²) in [5, 5.41) is 9.98. The van der Waals surface area contributed by atoms with Crippen molar-refractivity contribution in [1.82, 2.24) is 4.72 Å². The number of hydrogen-bond donors (Lipinski definition) is 3. The first-order valence-electron chi connectivity index (χ1n) is 5.57. The molecule has 1 heterocycles. The minimum Gasteiger partial charge on any atom is -0.399 e. The molecule has 1 fully saturated rings. The molecule has 0 aromatic heterocycles. The molecule has 0 radical (unpaired) electrons. The number of aliphatic hydroxyl groups is 1. The van der Waals surface area contributed by atoms with E-state index in [1.54, 1.807) is 12.1 Å². The molecule has 1 saturated heterocycles. The first-order valence-corrected chi connectivity index (χ1v) is 7.05. The Morgan fingerprint density at radius 2 is 2.28 bits per heavy atom. The van der Waals surface area contributed by atoms with Crippen LogP contribution in [0.25, 0.3) is 0 Å². The molecule has 1 aliphatic heterocycles. The monoisotopic (exact) mass is 272 g/mol. The highest BCUT2D eigenvalue weighted by Gasteiger charge is 2.33. The topological polar surface area (TPSA) is 102 Å². The maximum atomic E-state index is 12.0. The molecule has 2 rings (SSSR count). The molecular weight excluding hydrogens is 256 g/mol. The summed E-state index contributed by atoms with van der Waals surface area (Å²) in [7, 11) is -3.65. The number of nitrogen functional groups attached to an aromatic ring is 1. The maximum Gasteiger partial charge on any atom is 0.240 e. The van der Waals surface area contributed by atoms with Crippen molar-refractivity contribution in [3.8, 4) is 0 Å². The van der Waals surface area contributed by atoms with E-state index in [0.29, 0.717) is 18.7 Å². The van der Waals surface area contributed by atoms with Gasteiger partial charge < -0.3 is 15.6 Å². The lowest BCUT2D eigenvalue weighted by molar-refractivity contribution is 0.0314. The summed E-state index contributed by atoms with van der Waals surface area (Å²) in [6, 6.07) is 6.00. The van der Waals surface area contributed by atoms with Gasteiger partial charge in [-0.15, -0.1) is 0 Å². The number of anilines is 1. The van der Waals surface area contributed by atoms with Gasteiger partial charge in [0, 0.05) is 25.3 Å². The van der Waals surface area contributed by atoms with Crippen LogP contribution in [-0.4, -0.2) is 38.9 Å². The number of ether oxygens (including phenoxy) is 1. The number of nitrogens with two attached hydrogens (primary N) is 1. The molecule has 1 aromatic carbocycles. The zero-order chi connectivity index (χ0) is 13.2. The SMILES string of the molecule is Nc1cccc(S(=O)(=O)NCC2(O)CCOC2)c1. The second-order valence-electron chi connectivity index (χ2n) is 4.42. The minimum atomic E-state index is -3.65. The molecule has 0 bridgehead atoms. The third kappa shape index (κ3) is 2.99. The maximum absolute atomic E-state index is 12.0. The Morgan fingerprint density at radius 3 is 2.89 bits per heavy atom. The van der Waals surface area contributed by atoms with Crippen LogP contribution in [0.3, 0.4) is 0 Å². The van der Waals surface area contributed by atoms with Gasteiger partial charge in [0.25, 0.3) is 0 Å². The van der Waals surface area contributed by atoms with Gasteiger partial charge in [0.15, 0.2) is 0 Å². The standard InChI is InChI=1S/C11H16N2O4S/c12-9-2-1-3-10(6-9)18(15,16)13-7-11(14)4-5-17-8-11/h1-3,6,13-14H,4-5,7-8,12H2. The van der Waals surface area contributed by atoms with Crippen molar-refractivity contribution in [3.05, 3.63) is 24.3 Å². The molecule has 1 unspecified atom stereocenters. The van der Waals surface area contributed by atoms with Crippen molar-refractivity contribution in [3.63, 3.8) is 0 Å². The molecule has 1 aliphatic rings. The van der Waals surface area contributed by atoms with Gasteiger partial charge in [-0.25, -0.2) is 13.1 Å². The highest BCUT2D eigenvalue weighted by atomic mass is 32.2. The van der Waals surface area contributed by atoms with E-state index in [0.717, 1.165) is 0 Å². The summed E-state index contributed by atoms with van der Waals surface area (Å²) in [4.78, 5) is 0.0880. The van der Waals surface area contributed by atoms with Gasteiger partial charge in [-0.2, -0.15) is 0 Å². The number of rotatable bonds is 4. The Balaban J connectivity index is 2.08. The van der Waals surface area contributed by atoms with Crippen LogP contribution in [0, 0.1) is 0 Å². The first-order chi connectivity index (χ1) is 8.41. The van der Waals surface area contributed by atoms with E-state index in [4.69, 9.17) is 10.5 Å². The average Bonchev–Trinajstić information content (AvgIpc) is 2.75. The summed E-state index contributed by atoms with van der Waals surface area (Å²) in [5.41, 5.74) is 4.80. The number of sulfonamides is 1. The molecular formula is C11H16N2O4S. The van der Waals surface area contributed by atoms with Crippen molar-refractivity contribution in [2.75, 3.05) is 25.5 Å². The summed E-state index contributed by atoms with van der Waals surface area (Å²) in [5.74, 6) is 0. The molecule has 4 N–H and O–H groups in total. The number of nitrogens with one attached hydrogen (secondary N) is 1. The van der Waals surface area contributed by atoms with Crippen molar-refractivity contribution < 1.29 is 18.3 Å². The largest absolute Gasteiger partial charge is 0.399 e. The number of hydrogen-bond acceptors (Lipinski definition) is 5. The third-order valence-corrected chi connectivity index (χ3v) is 4.24. The lowest BCUT2D eigenvalue weighted by Gasteiger charge is -2.20. The van der Waals surface area contributed by atoms with Crippen molar-refractivity contribution in [2.45, 2.75) is 16.9 Å². The van der Waals surface area contributed by atoms with Crippen LogP contribution in [0.1, 0.15) is 6.42 Å². The second kappa shape index (κ2) is 4.85. The van der Waals surface area contributed by atoms with Gasteiger partial charge in [0.1, 0.15) is 5.60 Å². The van der Waals surface area contributed by atoms with E-state index in [2.05, 4.69) is 4.72 Å². The molecule has 0 saturated carbocycles. The molecule has 18 heavy (non-hydrogen) atoms. The molecule has 1 aromatic rings. The van der Waals surface area contributed by atoms with Crippen LogP contribution in [0.2, 0.25) is 0 Å². The summed E-state index contributed by atoms with van der Waals surface area (Å²) < 4.78 is 31.3. The minimum absolute atomic E-state index is 0.0653. The van der Waals surface area contributed by atoms with Crippen LogP contribution in [0.5, 0.6) is 0 Å². The van der Waals surface area contributed by atoms with Crippen LogP contribution in [0.4, 0.5) is 5.69 Å². The summed E-state index contributed by atoms with van der Waals surface area (Å²) >= 11 is 0. The van der Waals surface area contributed by atoms with E-state index in [-0.39, 0.29) is 18.0 Å². The number of benzene rings is 1. The summed E-state index contributed by atoms with van der Waals surface area (Å²) in [6.07, 6.45) is 0.423. The van der Waals surface area contributed by atoms with E-state index in [9.17, 15) is 13.5 Å². The normalized spacial score (nSPS) is 24.3. The Hall–Kier alpha value is -1.15. The van der Waals surface area contributed by atoms with Gasteiger partial charge in [-0.3, -0.25) is 0 Å². The van der Waals surface area contributed by atoms with Gasteiger partial charge in [0.05, 0.1) is 11.5 Å². The highest BCUT2D eigenvalue weighted by Crippen LogP contribution is 2.19. The molecule has 0 amide bonds. The average molecular weight is 272 g/mol. The van der Waals surface area contributed by atoms with Gasteiger partial charge >= 0.3 is 0 Å². The van der Waals surface area contributed by atoms with Gasteiger partial charge in [-0.1, -0.05) is 6.07 Å². The van der Waals surface area contributed by atoms with Crippen LogP contribution < -0.4 is 10.5 Å². The predicted molar refractivity (Wildman–Crippen MR) is 66.4 cm³/mol. The van der Waals surface area contributed by atoms with Crippen molar-refractivity contribution in [2.24, 2.45) is 0 Å². The summed E-state index contributed by atoms with van der Waals surface area (Å²) in [6.45, 7) is 0.521. The molecule has 1 atom stereocenters. The Morgan fingerprint density at radius 1 is 1.50 bits per heavy atom. The van der Waals surface area contributed by atoms with E-state index < -0.39 is 15.6 Å². The highest BCUT2D eigenvalue weighted by molar-refractivity contribution is 7.89. The fraction of sp³-hybridized carbons (Fsp3) is 0.455. The molecule has 0 spiro atoms. The fourth-order valence-corrected chi connectivity index (χ4v) is 2.90. The van der Waals surface area contributed by atoms with Crippen LogP contribution in [0.15, 0.2) is 29.2 Å². The van der Waals surface area contributed by atoms with Crippen molar-refractivity contribution in [1.29, 1.82) is 0 Å². The molecule has 100 valence electrons. The van der Waals surface area contributed by atoms with Crippen LogP contribution in [-0.2, 0) is 14.8 Å². The lowest BCUT2D eigenvalue weighted by atomic mass is 10.1. The Labute approximate surface area is 106 Å². The second-order valence-corrected chi connectivity index (χ2v) is 6.19. The fourth-order valence-electron chi connectivity index (χ4n) is 1.73. The van der Waals surface area contributed by atoms with Crippen LogP contribution >= 0.6 is 0 Å². The van der Waals surface area contributed by atoms with Gasteiger partial charge in [-0.05, 0) is 18.2 Å². The first kappa shape index (κ1) is 13.3. The van der Waals surface area contributed by atoms with Gasteiger partial charge in [0.2, 0.25) is 10.0 Å².